The molecule has 0 bridgehead atoms. The lowest BCUT2D eigenvalue weighted by Crippen LogP contribution is -2.14. The maximum absolute atomic E-state index is 12.1. The van der Waals surface area contributed by atoms with Crippen LogP contribution in [0.25, 0.3) is 0 Å². The Balaban J connectivity index is 1.53. The first kappa shape index (κ1) is 19.1. The van der Waals surface area contributed by atoms with Crippen molar-refractivity contribution in [1.82, 2.24) is 9.97 Å². The van der Waals surface area contributed by atoms with Crippen LogP contribution >= 0.6 is 23.1 Å². The van der Waals surface area contributed by atoms with Crippen molar-refractivity contribution < 1.29 is 14.1 Å². The molecule has 1 aromatic carbocycles. The zero-order valence-electron chi connectivity index (χ0n) is 14.4. The fourth-order valence-corrected chi connectivity index (χ4v) is 3.97. The van der Waals surface area contributed by atoms with Gasteiger partial charge < -0.3 is 9.73 Å². The van der Waals surface area contributed by atoms with Crippen molar-refractivity contribution in [3.8, 4) is 0 Å². The van der Waals surface area contributed by atoms with E-state index in [1.807, 2.05) is 6.92 Å². The number of hydrogen-bond acceptors (Lipinski definition) is 8. The Bertz CT molecular complexity index is 954. The minimum absolute atomic E-state index is 0.0361. The van der Waals surface area contributed by atoms with Gasteiger partial charge in [0.15, 0.2) is 5.13 Å². The lowest BCUT2D eigenvalue weighted by molar-refractivity contribution is -0.384. The normalized spacial score (nSPS) is 10.7. The Morgan fingerprint density at radius 2 is 2.22 bits per heavy atom. The largest absolute Gasteiger partial charge is 0.445 e. The summed E-state index contributed by atoms with van der Waals surface area (Å²) < 4.78 is 6.48. The summed E-state index contributed by atoms with van der Waals surface area (Å²) in [4.78, 5) is 30.8. The highest BCUT2D eigenvalue weighted by atomic mass is 32.2. The summed E-state index contributed by atoms with van der Waals surface area (Å²) in [5, 5.41) is 14.0. The Morgan fingerprint density at radius 3 is 2.96 bits per heavy atom. The van der Waals surface area contributed by atoms with Crippen LogP contribution < -0.4 is 5.32 Å². The van der Waals surface area contributed by atoms with E-state index in [2.05, 4.69) is 15.3 Å². The summed E-state index contributed by atoms with van der Waals surface area (Å²) in [7, 11) is 0. The van der Waals surface area contributed by atoms with Crippen LogP contribution in [0.15, 0.2) is 45.3 Å². The van der Waals surface area contributed by atoms with Gasteiger partial charge in [0.2, 0.25) is 11.8 Å². The van der Waals surface area contributed by atoms with Gasteiger partial charge in [-0.1, -0.05) is 30.4 Å². The third-order valence-electron chi connectivity index (χ3n) is 3.50. The molecule has 10 heteroatoms. The van der Waals surface area contributed by atoms with Crippen molar-refractivity contribution in [3.63, 3.8) is 0 Å². The minimum atomic E-state index is -0.483. The van der Waals surface area contributed by atoms with Gasteiger partial charge in [-0.05, 0) is 5.56 Å². The number of carbonyl (C=O) groups excluding carboxylic acids is 1. The Labute approximate surface area is 163 Å². The number of aromatic nitrogens is 2. The van der Waals surface area contributed by atoms with Crippen molar-refractivity contribution in [2.24, 2.45) is 0 Å². The van der Waals surface area contributed by atoms with Crippen LogP contribution in [-0.2, 0) is 23.4 Å². The molecule has 140 valence electrons. The van der Waals surface area contributed by atoms with Crippen molar-refractivity contribution in [2.45, 2.75) is 29.7 Å². The van der Waals surface area contributed by atoms with Gasteiger partial charge in [-0.2, -0.15) is 0 Å². The van der Waals surface area contributed by atoms with E-state index in [9.17, 15) is 14.9 Å². The molecule has 0 aliphatic rings. The molecule has 8 nitrogen and oxygen atoms in total. The van der Waals surface area contributed by atoms with E-state index in [-0.39, 0.29) is 18.0 Å². The van der Waals surface area contributed by atoms with Crippen molar-refractivity contribution in [3.05, 3.63) is 64.0 Å². The van der Waals surface area contributed by atoms with Crippen LogP contribution in [0.3, 0.4) is 0 Å². The number of anilines is 1. The summed E-state index contributed by atoms with van der Waals surface area (Å²) in [5.41, 5.74) is 0.537. The molecule has 3 aromatic rings. The molecule has 0 radical (unpaired) electrons. The van der Waals surface area contributed by atoms with Gasteiger partial charge in [-0.15, -0.1) is 11.8 Å². The third kappa shape index (κ3) is 5.38. The van der Waals surface area contributed by atoms with Crippen molar-refractivity contribution in [2.75, 3.05) is 5.32 Å². The van der Waals surface area contributed by atoms with Gasteiger partial charge in [0.05, 0.1) is 33.7 Å². The molecule has 3 rings (SSSR count). The van der Waals surface area contributed by atoms with E-state index in [0.717, 1.165) is 16.4 Å². The maximum Gasteiger partial charge on any atom is 0.269 e. The second-order valence-electron chi connectivity index (χ2n) is 5.50. The number of aryl methyl sites for hydroxylation is 1. The number of nitro groups is 1. The van der Waals surface area contributed by atoms with E-state index >= 15 is 0 Å². The molecule has 0 aliphatic carbocycles. The topological polar surface area (TPSA) is 111 Å². The van der Waals surface area contributed by atoms with Crippen LogP contribution in [0.4, 0.5) is 10.8 Å². The van der Waals surface area contributed by atoms with E-state index in [4.69, 9.17) is 4.42 Å². The second kappa shape index (κ2) is 8.78. The average molecular weight is 404 g/mol. The minimum Gasteiger partial charge on any atom is -0.445 e. The van der Waals surface area contributed by atoms with Gasteiger partial charge in [0.25, 0.3) is 5.69 Å². The molecular formula is C17H16N4O4S2. The highest BCUT2D eigenvalue weighted by Gasteiger charge is 2.12. The zero-order valence-corrected chi connectivity index (χ0v) is 16.0. The lowest BCUT2D eigenvalue weighted by atomic mass is 10.1. The number of carbonyl (C=O) groups is 1. The Morgan fingerprint density at radius 1 is 1.37 bits per heavy atom. The molecule has 0 fully saturated rings. The van der Waals surface area contributed by atoms with Crippen LogP contribution in [0.1, 0.15) is 24.1 Å². The average Bonchev–Trinajstić information content (AvgIpc) is 3.29. The quantitative estimate of drug-likeness (QED) is 0.342. The molecule has 1 N–H and O–H groups in total. The lowest BCUT2D eigenvalue weighted by Gasteiger charge is -2.02. The summed E-state index contributed by atoms with van der Waals surface area (Å²) in [6.45, 7) is 2.00. The first-order valence-corrected chi connectivity index (χ1v) is 9.89. The number of non-ortho nitro benzene ring substituents is 1. The van der Waals surface area contributed by atoms with E-state index in [0.29, 0.717) is 22.3 Å². The van der Waals surface area contributed by atoms with Crippen molar-refractivity contribution in [1.29, 1.82) is 0 Å². The summed E-state index contributed by atoms with van der Waals surface area (Å²) in [6.07, 6.45) is 4.25. The number of benzene rings is 1. The molecule has 2 heterocycles. The first-order valence-electron chi connectivity index (χ1n) is 8.09. The zero-order chi connectivity index (χ0) is 19.2. The van der Waals surface area contributed by atoms with E-state index in [1.165, 1.54) is 35.2 Å². The third-order valence-corrected chi connectivity index (χ3v) is 5.60. The van der Waals surface area contributed by atoms with E-state index in [1.54, 1.807) is 24.5 Å². The second-order valence-corrected chi connectivity index (χ2v) is 7.81. The number of rotatable bonds is 8. The highest BCUT2D eigenvalue weighted by Crippen LogP contribution is 2.30. The number of hydrogen-bond donors (Lipinski definition) is 1. The SMILES string of the molecule is CCc1cnc(CSc2cnc(NC(=O)Cc3cccc([N+](=O)[O-])c3)s2)o1. The van der Waals surface area contributed by atoms with Gasteiger partial charge in [-0.3, -0.25) is 14.9 Å². The maximum atomic E-state index is 12.1. The standard InChI is InChI=1S/C17H16N4O4S2/c1-2-13-8-18-15(25-13)10-26-16-9-19-17(27-16)20-14(22)7-11-4-3-5-12(6-11)21(23)24/h3-6,8-9H,2,7,10H2,1H3,(H,19,20,22). The predicted octanol–water partition coefficient (Wildman–Crippen LogP) is 4.08. The number of thioether (sulfide) groups is 1. The number of nitrogens with zero attached hydrogens (tertiary/aromatic N) is 3. The highest BCUT2D eigenvalue weighted by molar-refractivity contribution is 8.00. The summed E-state index contributed by atoms with van der Waals surface area (Å²) >= 11 is 2.88. The molecule has 2 aromatic heterocycles. The first-order chi connectivity index (χ1) is 13.0. The fourth-order valence-electron chi connectivity index (χ4n) is 2.22. The molecular weight excluding hydrogens is 388 g/mol. The van der Waals surface area contributed by atoms with Crippen LogP contribution in [0.2, 0.25) is 0 Å². The van der Waals surface area contributed by atoms with Crippen molar-refractivity contribution >= 4 is 39.8 Å². The monoisotopic (exact) mass is 404 g/mol. The predicted molar refractivity (Wildman–Crippen MR) is 103 cm³/mol. The number of oxazole rings is 1. The molecule has 0 aliphatic heterocycles. The summed E-state index contributed by atoms with van der Waals surface area (Å²) in [5.74, 6) is 1.82. The molecule has 0 atom stereocenters. The molecule has 1 amide bonds. The van der Waals surface area contributed by atoms with E-state index < -0.39 is 4.92 Å². The molecule has 0 unspecified atom stereocenters. The summed E-state index contributed by atoms with van der Waals surface area (Å²) in [6, 6.07) is 6.02. The number of nitrogens with one attached hydrogen (secondary N) is 1. The van der Waals surface area contributed by atoms with Crippen LogP contribution in [0, 0.1) is 10.1 Å². The van der Waals surface area contributed by atoms with Gasteiger partial charge >= 0.3 is 0 Å². The number of thiazole rings is 1. The molecule has 0 spiro atoms. The Kier molecular flexibility index (Phi) is 6.20. The molecule has 27 heavy (non-hydrogen) atoms. The van der Waals surface area contributed by atoms with Crippen LogP contribution in [-0.4, -0.2) is 20.8 Å². The van der Waals surface area contributed by atoms with Gasteiger partial charge in [-0.25, -0.2) is 9.97 Å². The fraction of sp³-hybridized carbons (Fsp3) is 0.235. The smallest absolute Gasteiger partial charge is 0.269 e. The number of amides is 1. The van der Waals surface area contributed by atoms with Gasteiger partial charge in [0, 0.05) is 18.6 Å². The number of nitro benzene ring substituents is 1. The Hall–Kier alpha value is -2.72. The van der Waals surface area contributed by atoms with Crippen LogP contribution in [0.5, 0.6) is 0 Å². The molecule has 0 saturated carbocycles. The molecule has 0 saturated heterocycles. The van der Waals surface area contributed by atoms with Gasteiger partial charge in [0.1, 0.15) is 5.76 Å².